The number of methoxy groups -OCH3 is 1. The first-order valence-electron chi connectivity index (χ1n) is 7.99. The van der Waals surface area contributed by atoms with Gasteiger partial charge in [0.05, 0.1) is 12.8 Å². The van der Waals surface area contributed by atoms with Gasteiger partial charge >= 0.3 is 5.97 Å². The van der Waals surface area contributed by atoms with Crippen LogP contribution in [0.2, 0.25) is 25.7 Å². The average molecular weight is 350 g/mol. The molecule has 1 atom stereocenters. The third kappa shape index (κ3) is 3.32. The highest BCUT2D eigenvalue weighted by Gasteiger charge is 2.54. The van der Waals surface area contributed by atoms with Crippen LogP contribution in [-0.2, 0) is 24.5 Å². The van der Waals surface area contributed by atoms with Gasteiger partial charge in [-0.3, -0.25) is 14.5 Å². The van der Waals surface area contributed by atoms with E-state index in [0.29, 0.717) is 23.5 Å². The highest BCUT2D eigenvalue weighted by atomic mass is 28.3. The molecule has 0 unspecified atom stereocenters. The molecular formula is C17H26N2O4Si. The Hall–Kier alpha value is -1.86. The standard InChI is InChI=1S/C17H26N2O4Si/c1-17(16(21)22-2)13-7-6-12(18)10-14(13)19(15(17)20)11-23-8-9-24(3,4)5/h6-7,10H,8-9,11,18H2,1-5H3/t17-/m1/s1. The number of fused-ring (bicyclic) bond motifs is 1. The summed E-state index contributed by atoms with van der Waals surface area (Å²) in [6.45, 7) is 9.07. The van der Waals surface area contributed by atoms with Gasteiger partial charge in [0.15, 0.2) is 5.41 Å². The lowest BCUT2D eigenvalue weighted by Crippen LogP contribution is -2.45. The van der Waals surface area contributed by atoms with Crippen LogP contribution in [0.1, 0.15) is 12.5 Å². The van der Waals surface area contributed by atoms with E-state index < -0.39 is 19.5 Å². The zero-order chi connectivity index (χ0) is 18.1. The Balaban J connectivity index is 2.26. The number of anilines is 2. The fraction of sp³-hybridized carbons (Fsp3) is 0.529. The van der Waals surface area contributed by atoms with Gasteiger partial charge in [0.25, 0.3) is 5.91 Å². The average Bonchev–Trinajstić information content (AvgIpc) is 2.71. The highest BCUT2D eigenvalue weighted by molar-refractivity contribution is 6.76. The van der Waals surface area contributed by atoms with Crippen LogP contribution in [0.5, 0.6) is 0 Å². The Morgan fingerprint density at radius 2 is 2.00 bits per heavy atom. The van der Waals surface area contributed by atoms with Gasteiger partial charge in [-0.25, -0.2) is 0 Å². The summed E-state index contributed by atoms with van der Waals surface area (Å²) in [4.78, 5) is 26.6. The normalized spacial score (nSPS) is 20.2. The summed E-state index contributed by atoms with van der Waals surface area (Å²) in [6, 6.07) is 6.10. The molecule has 0 fully saturated rings. The fourth-order valence-electron chi connectivity index (χ4n) is 2.75. The number of rotatable bonds is 6. The van der Waals surface area contributed by atoms with Crippen molar-refractivity contribution in [2.45, 2.75) is 38.0 Å². The molecule has 0 aliphatic carbocycles. The summed E-state index contributed by atoms with van der Waals surface area (Å²) < 4.78 is 10.6. The van der Waals surface area contributed by atoms with Crippen molar-refractivity contribution in [3.63, 3.8) is 0 Å². The van der Waals surface area contributed by atoms with Crippen LogP contribution in [0, 0.1) is 0 Å². The Morgan fingerprint density at radius 1 is 1.33 bits per heavy atom. The number of nitrogens with two attached hydrogens (primary N) is 1. The van der Waals surface area contributed by atoms with Crippen LogP contribution in [0.3, 0.4) is 0 Å². The smallest absolute Gasteiger partial charge is 0.325 e. The topological polar surface area (TPSA) is 81.9 Å². The maximum Gasteiger partial charge on any atom is 0.325 e. The fourth-order valence-corrected chi connectivity index (χ4v) is 3.51. The minimum absolute atomic E-state index is 0.104. The first kappa shape index (κ1) is 18.5. The molecule has 1 heterocycles. The van der Waals surface area contributed by atoms with Crippen molar-refractivity contribution >= 4 is 31.3 Å². The van der Waals surface area contributed by atoms with Crippen LogP contribution < -0.4 is 10.6 Å². The molecule has 0 bridgehead atoms. The largest absolute Gasteiger partial charge is 0.468 e. The molecule has 0 aromatic heterocycles. The van der Waals surface area contributed by atoms with E-state index in [1.807, 2.05) is 0 Å². The maximum atomic E-state index is 12.9. The van der Waals surface area contributed by atoms with E-state index in [4.69, 9.17) is 15.2 Å². The SMILES string of the molecule is COC(=O)[C@@]1(C)C(=O)N(COCC[Si](C)(C)C)c2cc(N)ccc21. The van der Waals surface area contributed by atoms with Gasteiger partial charge in [-0.05, 0) is 25.1 Å². The first-order chi connectivity index (χ1) is 11.1. The van der Waals surface area contributed by atoms with Crippen LogP contribution in [0.4, 0.5) is 11.4 Å². The molecule has 1 aliphatic rings. The van der Waals surface area contributed by atoms with E-state index in [9.17, 15) is 9.59 Å². The van der Waals surface area contributed by atoms with Crippen LogP contribution in [0.15, 0.2) is 18.2 Å². The van der Waals surface area contributed by atoms with Gasteiger partial charge in [-0.2, -0.15) is 0 Å². The lowest BCUT2D eigenvalue weighted by molar-refractivity contribution is -0.150. The summed E-state index contributed by atoms with van der Waals surface area (Å²) in [7, 11) is 0.0765. The Bertz CT molecular complexity index is 656. The minimum atomic E-state index is -1.36. The van der Waals surface area contributed by atoms with Gasteiger partial charge in [-0.15, -0.1) is 0 Å². The number of nitrogens with zero attached hydrogens (tertiary/aromatic N) is 1. The molecule has 0 saturated heterocycles. The van der Waals surface area contributed by atoms with Crippen LogP contribution in [0.25, 0.3) is 0 Å². The lowest BCUT2D eigenvalue weighted by Gasteiger charge is -2.22. The molecule has 24 heavy (non-hydrogen) atoms. The molecule has 0 radical (unpaired) electrons. The highest BCUT2D eigenvalue weighted by Crippen LogP contribution is 2.43. The molecule has 2 rings (SSSR count). The van der Waals surface area contributed by atoms with Crippen molar-refractivity contribution in [2.24, 2.45) is 0 Å². The second kappa shape index (κ2) is 6.56. The number of ether oxygens (including phenoxy) is 2. The van der Waals surface area contributed by atoms with E-state index in [2.05, 4.69) is 19.6 Å². The second-order valence-corrected chi connectivity index (χ2v) is 13.1. The molecule has 1 aromatic carbocycles. The molecule has 2 N–H and O–H groups in total. The number of nitrogen functional groups attached to an aromatic ring is 1. The van der Waals surface area contributed by atoms with E-state index in [-0.39, 0.29) is 12.6 Å². The summed E-state index contributed by atoms with van der Waals surface area (Å²) in [5, 5.41) is 0. The number of carbonyl (C=O) groups excluding carboxylic acids is 2. The number of amides is 1. The van der Waals surface area contributed by atoms with Gasteiger partial charge in [0.2, 0.25) is 0 Å². The molecule has 132 valence electrons. The zero-order valence-electron chi connectivity index (χ0n) is 15.0. The molecule has 1 aliphatic heterocycles. The van der Waals surface area contributed by atoms with Crippen molar-refractivity contribution in [3.05, 3.63) is 23.8 Å². The van der Waals surface area contributed by atoms with E-state index >= 15 is 0 Å². The molecule has 7 heteroatoms. The number of benzene rings is 1. The monoisotopic (exact) mass is 350 g/mol. The van der Waals surface area contributed by atoms with E-state index in [0.717, 1.165) is 6.04 Å². The molecule has 1 aromatic rings. The van der Waals surface area contributed by atoms with Crippen LogP contribution in [-0.4, -0.2) is 40.4 Å². The summed E-state index contributed by atoms with van der Waals surface area (Å²) in [5.41, 5.74) is 6.24. The maximum absolute atomic E-state index is 12.9. The number of esters is 1. The Kier molecular flexibility index (Phi) is 5.05. The summed E-state index contributed by atoms with van der Waals surface area (Å²) in [6.07, 6.45) is 0. The quantitative estimate of drug-likeness (QED) is 0.280. The molecular weight excluding hydrogens is 324 g/mol. The first-order valence-corrected chi connectivity index (χ1v) is 11.7. The van der Waals surface area contributed by atoms with E-state index in [1.165, 1.54) is 12.0 Å². The zero-order valence-corrected chi connectivity index (χ0v) is 16.0. The van der Waals surface area contributed by atoms with Gasteiger partial charge in [-0.1, -0.05) is 25.7 Å². The molecule has 0 saturated carbocycles. The van der Waals surface area contributed by atoms with Gasteiger partial charge < -0.3 is 15.2 Å². The summed E-state index contributed by atoms with van der Waals surface area (Å²) in [5.74, 6) is -0.925. The molecule has 6 nitrogen and oxygen atoms in total. The third-order valence-corrected chi connectivity index (χ3v) is 6.04. The van der Waals surface area contributed by atoms with Crippen molar-refractivity contribution < 1.29 is 19.1 Å². The second-order valence-electron chi connectivity index (χ2n) is 7.47. The third-order valence-electron chi connectivity index (χ3n) is 4.33. The van der Waals surface area contributed by atoms with Crippen molar-refractivity contribution in [2.75, 3.05) is 31.1 Å². The molecule has 0 spiro atoms. The minimum Gasteiger partial charge on any atom is -0.468 e. The van der Waals surface area contributed by atoms with Gasteiger partial charge in [0, 0.05) is 25.9 Å². The predicted molar refractivity (Wildman–Crippen MR) is 96.7 cm³/mol. The van der Waals surface area contributed by atoms with Crippen LogP contribution >= 0.6 is 0 Å². The Morgan fingerprint density at radius 3 is 2.58 bits per heavy atom. The van der Waals surface area contributed by atoms with Gasteiger partial charge in [0.1, 0.15) is 6.73 Å². The Labute approximate surface area is 143 Å². The van der Waals surface area contributed by atoms with E-state index in [1.54, 1.807) is 25.1 Å². The lowest BCUT2D eigenvalue weighted by atomic mass is 9.84. The number of hydrogen-bond donors (Lipinski definition) is 1. The predicted octanol–water partition coefficient (Wildman–Crippen LogP) is 2.36. The number of hydrogen-bond acceptors (Lipinski definition) is 5. The summed E-state index contributed by atoms with van der Waals surface area (Å²) >= 11 is 0. The van der Waals surface area contributed by atoms with Crippen molar-refractivity contribution in [1.82, 2.24) is 0 Å². The van der Waals surface area contributed by atoms with Crippen molar-refractivity contribution in [1.29, 1.82) is 0 Å². The number of carbonyl (C=O) groups is 2. The van der Waals surface area contributed by atoms with Crippen molar-refractivity contribution in [3.8, 4) is 0 Å². The molecule has 1 amide bonds.